The molecular weight excluding hydrogens is 464 g/mol. The summed E-state index contributed by atoms with van der Waals surface area (Å²) in [5.74, 6) is -0.289. The number of amides is 1. The number of benzene rings is 1. The van der Waals surface area contributed by atoms with Crippen molar-refractivity contribution in [2.45, 2.75) is 33.7 Å². The molecule has 184 valence electrons. The summed E-state index contributed by atoms with van der Waals surface area (Å²) in [5, 5.41) is 0.226. The SMILES string of the molecule is CCCn1c(=NC(=O)c2ccc3c(c2)OCO3)c(C(=O)OCC)cc2c(=O)n3cccc(C)c3nc21. The Morgan fingerprint density at radius 3 is 2.69 bits per heavy atom. The van der Waals surface area contributed by atoms with Crippen molar-refractivity contribution in [1.82, 2.24) is 14.0 Å². The van der Waals surface area contributed by atoms with Gasteiger partial charge in [-0.2, -0.15) is 4.99 Å². The molecule has 10 nitrogen and oxygen atoms in total. The first-order valence-corrected chi connectivity index (χ1v) is 11.6. The summed E-state index contributed by atoms with van der Waals surface area (Å²) >= 11 is 0. The van der Waals surface area contributed by atoms with E-state index < -0.39 is 11.9 Å². The molecule has 0 fully saturated rings. The van der Waals surface area contributed by atoms with Crippen molar-refractivity contribution in [1.29, 1.82) is 0 Å². The molecule has 0 N–H and O–H groups in total. The number of carbonyl (C=O) groups is 2. The number of nitrogens with zero attached hydrogens (tertiary/aromatic N) is 4. The van der Waals surface area contributed by atoms with Gasteiger partial charge in [-0.15, -0.1) is 0 Å². The molecular formula is C26H24N4O6. The highest BCUT2D eigenvalue weighted by Crippen LogP contribution is 2.32. The van der Waals surface area contributed by atoms with Gasteiger partial charge in [-0.25, -0.2) is 9.78 Å². The zero-order valence-corrected chi connectivity index (χ0v) is 20.1. The maximum atomic E-state index is 13.4. The maximum absolute atomic E-state index is 13.4. The number of pyridine rings is 2. The zero-order valence-electron chi connectivity index (χ0n) is 20.1. The molecule has 10 heteroatoms. The van der Waals surface area contributed by atoms with E-state index in [-0.39, 0.29) is 41.0 Å². The van der Waals surface area contributed by atoms with Crippen molar-refractivity contribution in [3.8, 4) is 11.5 Å². The Bertz CT molecular complexity index is 1670. The number of hydrogen-bond acceptors (Lipinski definition) is 7. The van der Waals surface area contributed by atoms with Gasteiger partial charge in [0.1, 0.15) is 16.9 Å². The Balaban J connectivity index is 1.83. The van der Waals surface area contributed by atoms with Crippen LogP contribution in [0.5, 0.6) is 11.5 Å². The molecule has 1 aliphatic heterocycles. The Labute approximate surface area is 205 Å². The molecule has 0 saturated carbocycles. The van der Waals surface area contributed by atoms with Crippen LogP contribution in [0, 0.1) is 6.92 Å². The third-order valence-electron chi connectivity index (χ3n) is 5.87. The quantitative estimate of drug-likeness (QED) is 0.313. The summed E-state index contributed by atoms with van der Waals surface area (Å²) in [6.07, 6.45) is 2.27. The van der Waals surface area contributed by atoms with Crippen molar-refractivity contribution < 1.29 is 23.8 Å². The van der Waals surface area contributed by atoms with Crippen LogP contribution < -0.4 is 20.5 Å². The van der Waals surface area contributed by atoms with Gasteiger partial charge in [0, 0.05) is 18.3 Å². The van der Waals surface area contributed by atoms with Gasteiger partial charge in [0.25, 0.3) is 11.5 Å². The molecule has 5 rings (SSSR count). The van der Waals surface area contributed by atoms with E-state index in [0.29, 0.717) is 35.8 Å². The molecule has 1 aromatic carbocycles. The molecule has 0 radical (unpaired) electrons. The van der Waals surface area contributed by atoms with Gasteiger partial charge in [0.15, 0.2) is 17.0 Å². The number of aromatic nitrogens is 3. The number of carbonyl (C=O) groups excluding carboxylic acids is 2. The molecule has 36 heavy (non-hydrogen) atoms. The van der Waals surface area contributed by atoms with E-state index in [2.05, 4.69) is 4.99 Å². The van der Waals surface area contributed by atoms with Gasteiger partial charge >= 0.3 is 5.97 Å². The molecule has 0 unspecified atom stereocenters. The predicted octanol–water partition coefficient (Wildman–Crippen LogP) is 3.01. The van der Waals surface area contributed by atoms with E-state index >= 15 is 0 Å². The van der Waals surface area contributed by atoms with Crippen LogP contribution in [0.15, 0.2) is 52.4 Å². The monoisotopic (exact) mass is 488 g/mol. The first-order chi connectivity index (χ1) is 17.4. The Morgan fingerprint density at radius 2 is 1.92 bits per heavy atom. The molecule has 1 aliphatic rings. The summed E-state index contributed by atoms with van der Waals surface area (Å²) in [5.41, 5.74) is 1.65. The summed E-state index contributed by atoms with van der Waals surface area (Å²) in [6.45, 7) is 6.05. The second kappa shape index (κ2) is 9.29. The van der Waals surface area contributed by atoms with E-state index in [1.807, 2.05) is 19.9 Å². The van der Waals surface area contributed by atoms with E-state index in [4.69, 9.17) is 19.2 Å². The van der Waals surface area contributed by atoms with Crippen LogP contribution in [0.25, 0.3) is 16.7 Å². The molecule has 1 amide bonds. The molecule has 0 spiro atoms. The van der Waals surface area contributed by atoms with Crippen LogP contribution in [-0.4, -0.2) is 39.2 Å². The fraction of sp³-hybridized carbons (Fsp3) is 0.269. The van der Waals surface area contributed by atoms with Gasteiger partial charge in [0.2, 0.25) is 6.79 Å². The lowest BCUT2D eigenvalue weighted by Crippen LogP contribution is -2.32. The average Bonchev–Trinajstić information content (AvgIpc) is 3.34. The minimum absolute atomic E-state index is 0.0124. The van der Waals surface area contributed by atoms with Crippen LogP contribution in [0.2, 0.25) is 0 Å². The molecule has 0 aliphatic carbocycles. The van der Waals surface area contributed by atoms with Crippen LogP contribution >= 0.6 is 0 Å². The lowest BCUT2D eigenvalue weighted by molar-refractivity contribution is 0.0523. The lowest BCUT2D eigenvalue weighted by Gasteiger charge is -2.15. The summed E-state index contributed by atoms with van der Waals surface area (Å²) in [6, 6.07) is 9.79. The van der Waals surface area contributed by atoms with Crippen LogP contribution in [0.3, 0.4) is 0 Å². The smallest absolute Gasteiger partial charge is 0.341 e. The molecule has 4 aromatic rings. The van der Waals surface area contributed by atoms with Gasteiger partial charge in [-0.05, 0) is 56.2 Å². The van der Waals surface area contributed by atoms with Crippen LogP contribution in [0.1, 0.15) is 46.5 Å². The van der Waals surface area contributed by atoms with Crippen molar-refractivity contribution in [2.75, 3.05) is 13.4 Å². The van der Waals surface area contributed by atoms with Gasteiger partial charge < -0.3 is 18.8 Å². The largest absolute Gasteiger partial charge is 0.462 e. The van der Waals surface area contributed by atoms with E-state index in [9.17, 15) is 14.4 Å². The van der Waals surface area contributed by atoms with E-state index in [0.717, 1.165) is 5.56 Å². The maximum Gasteiger partial charge on any atom is 0.341 e. The first-order valence-electron chi connectivity index (χ1n) is 11.6. The fourth-order valence-electron chi connectivity index (χ4n) is 4.19. The predicted molar refractivity (Wildman–Crippen MR) is 130 cm³/mol. The molecule has 0 atom stereocenters. The third kappa shape index (κ3) is 3.90. The molecule has 3 aromatic heterocycles. The second-order valence-corrected chi connectivity index (χ2v) is 8.28. The number of ether oxygens (including phenoxy) is 3. The Hall–Kier alpha value is -4.47. The second-order valence-electron chi connectivity index (χ2n) is 8.28. The number of fused-ring (bicyclic) bond motifs is 3. The zero-order chi connectivity index (χ0) is 25.4. The van der Waals surface area contributed by atoms with E-state index in [1.54, 1.807) is 42.0 Å². The standard InChI is InChI=1S/C26H24N4O6/c1-4-10-29-22-17(25(32)30-11-6-7-15(3)21(30)27-22)13-18(26(33)34-5-2)23(29)28-24(31)16-8-9-19-20(12-16)36-14-35-19/h6-9,11-13H,4-5,10,14H2,1-3H3. The molecule has 0 saturated heterocycles. The minimum Gasteiger partial charge on any atom is -0.462 e. The summed E-state index contributed by atoms with van der Waals surface area (Å²) < 4.78 is 19.0. The highest BCUT2D eigenvalue weighted by Gasteiger charge is 2.21. The van der Waals surface area contributed by atoms with Crippen LogP contribution in [0.4, 0.5) is 0 Å². The highest BCUT2D eigenvalue weighted by molar-refractivity contribution is 5.97. The first kappa shape index (κ1) is 23.3. The van der Waals surface area contributed by atoms with Crippen LogP contribution in [-0.2, 0) is 11.3 Å². The number of aryl methyl sites for hydroxylation is 2. The Kier molecular flexibility index (Phi) is 6.01. The Morgan fingerprint density at radius 1 is 1.11 bits per heavy atom. The normalized spacial score (nSPS) is 12.9. The molecule has 4 heterocycles. The van der Waals surface area contributed by atoms with Gasteiger partial charge in [-0.1, -0.05) is 13.0 Å². The molecule has 0 bridgehead atoms. The van der Waals surface area contributed by atoms with Gasteiger partial charge in [-0.3, -0.25) is 14.0 Å². The number of hydrogen-bond donors (Lipinski definition) is 0. The minimum atomic E-state index is -0.685. The van der Waals surface area contributed by atoms with Crippen molar-refractivity contribution >= 4 is 28.6 Å². The highest BCUT2D eigenvalue weighted by atomic mass is 16.7. The van der Waals surface area contributed by atoms with Crippen molar-refractivity contribution in [2.24, 2.45) is 4.99 Å². The summed E-state index contributed by atoms with van der Waals surface area (Å²) in [7, 11) is 0. The topological polar surface area (TPSA) is 113 Å². The summed E-state index contributed by atoms with van der Waals surface area (Å²) in [4.78, 5) is 48.8. The van der Waals surface area contributed by atoms with Gasteiger partial charge in [0.05, 0.1) is 12.0 Å². The lowest BCUT2D eigenvalue weighted by atomic mass is 10.1. The third-order valence-corrected chi connectivity index (χ3v) is 5.87. The van der Waals surface area contributed by atoms with Crippen molar-refractivity contribution in [3.05, 3.63) is 75.1 Å². The van der Waals surface area contributed by atoms with E-state index in [1.165, 1.54) is 10.5 Å². The number of esters is 1. The average molecular weight is 489 g/mol. The number of rotatable bonds is 5. The fourth-order valence-corrected chi connectivity index (χ4v) is 4.19. The van der Waals surface area contributed by atoms with Crippen molar-refractivity contribution in [3.63, 3.8) is 0 Å².